The van der Waals surface area contributed by atoms with Gasteiger partial charge in [0, 0.05) is 146 Å². The topological polar surface area (TPSA) is 550 Å². The molecule has 150 heavy (non-hydrogen) atoms. The van der Waals surface area contributed by atoms with Gasteiger partial charge in [0.05, 0.1) is 142 Å². The minimum atomic E-state index is -1.67. The van der Waals surface area contributed by atoms with Crippen LogP contribution in [0.1, 0.15) is 165 Å². The Balaban J connectivity index is 0.000000595. The second kappa shape index (κ2) is 70.3. The molecule has 0 saturated heterocycles. The van der Waals surface area contributed by atoms with Crippen molar-refractivity contribution in [2.75, 3.05) is 119 Å². The van der Waals surface area contributed by atoms with Crippen LogP contribution in [-0.4, -0.2) is 324 Å². The number of hydrogen-bond donors (Lipinski definition) is 3. The molecule has 0 atom stereocenters. The summed E-state index contributed by atoms with van der Waals surface area (Å²) < 4.78 is 24.8. The van der Waals surface area contributed by atoms with E-state index in [1.54, 1.807) is 183 Å². The van der Waals surface area contributed by atoms with E-state index in [0.717, 1.165) is 6.54 Å². The fraction of sp³-hybridized carbons (Fsp3) is 0.347. The van der Waals surface area contributed by atoms with Crippen LogP contribution in [0, 0.1) is 11.3 Å². The Bertz CT molecular complexity index is 6220. The van der Waals surface area contributed by atoms with Gasteiger partial charge in [0.15, 0.2) is 5.78 Å². The van der Waals surface area contributed by atoms with Gasteiger partial charge in [0.1, 0.15) is 28.3 Å². The molecule has 0 aliphatic heterocycles. The van der Waals surface area contributed by atoms with Gasteiger partial charge in [-0.1, -0.05) is 72.8 Å². The zero-order chi connectivity index (χ0) is 109. The molecule has 0 aliphatic rings. The number of rotatable bonds is 32. The molecule has 0 spiro atoms. The number of ketones is 1. The Labute approximate surface area is 1010 Å². The van der Waals surface area contributed by atoms with E-state index >= 15 is 0 Å². The van der Waals surface area contributed by atoms with Crippen molar-refractivity contribution >= 4 is 107 Å². The van der Waals surface area contributed by atoms with Gasteiger partial charge in [-0.25, -0.2) is 28.4 Å². The van der Waals surface area contributed by atoms with Crippen molar-refractivity contribution in [3.63, 3.8) is 0 Å². The number of halogens is 3. The van der Waals surface area contributed by atoms with Crippen molar-refractivity contribution < 1.29 is 221 Å². The number of carboxylic acid groups (broad SMARTS) is 1. The molecule has 0 bridgehead atoms. The summed E-state index contributed by atoms with van der Waals surface area (Å²) in [5.41, 5.74) is 10.8. The van der Waals surface area contributed by atoms with Crippen LogP contribution in [0.3, 0.4) is 0 Å². The summed E-state index contributed by atoms with van der Waals surface area (Å²) in [6.45, 7) is 28.6. The largest absolute Gasteiger partial charge is 1.00 e. The number of nitriles is 1. The van der Waals surface area contributed by atoms with Gasteiger partial charge in [-0.05, 0) is 193 Å². The molecule has 4 N–H and O–H groups in total. The van der Waals surface area contributed by atoms with Gasteiger partial charge in [-0.15, -0.1) is 0 Å². The van der Waals surface area contributed by atoms with Crippen LogP contribution < -0.4 is 159 Å². The number of hydrogen-bond acceptors (Lipinski definition) is 33. The van der Waals surface area contributed by atoms with Crippen LogP contribution in [0.25, 0.3) is 34.1 Å². The van der Waals surface area contributed by atoms with E-state index in [0.29, 0.717) is 158 Å². The van der Waals surface area contributed by atoms with E-state index in [2.05, 4.69) is 104 Å². The smallest absolute Gasteiger partial charge is 1.00 e. The first-order valence-corrected chi connectivity index (χ1v) is 49.0. The van der Waals surface area contributed by atoms with Gasteiger partial charge in [-0.3, -0.25) is 28.8 Å². The maximum atomic E-state index is 13.1. The zero-order valence-electron chi connectivity index (χ0n) is 88.2. The number of carboxylic acids is 1. The molecule has 0 aliphatic carbocycles. The summed E-state index contributed by atoms with van der Waals surface area (Å²) in [5, 5.41) is 77.4. The second-order valence-electron chi connectivity index (χ2n) is 33.7. The van der Waals surface area contributed by atoms with Crippen LogP contribution in [0.4, 0.5) is 20.2 Å². The van der Waals surface area contributed by atoms with Crippen molar-refractivity contribution in [2.45, 2.75) is 113 Å². The number of carbonyl (C=O) groups excluding carboxylic acids is 9. The van der Waals surface area contributed by atoms with Gasteiger partial charge in [0.25, 0.3) is 29.4 Å². The quantitative estimate of drug-likeness (QED) is 0.0112. The van der Waals surface area contributed by atoms with Crippen molar-refractivity contribution in [1.82, 2.24) is 130 Å². The number of benzene rings is 6. The first-order chi connectivity index (χ1) is 70.5. The number of ether oxygens (including phenoxy) is 3. The summed E-state index contributed by atoms with van der Waals surface area (Å²) in [4.78, 5) is 144. The van der Waals surface area contributed by atoms with Crippen molar-refractivity contribution in [1.29, 1.82) is 5.26 Å². The van der Waals surface area contributed by atoms with E-state index < -0.39 is 43.3 Å². The Morgan fingerprint density at radius 1 is 0.447 bits per heavy atom. The number of nitrogens with two attached hydrogens (primary N) is 1. The molecule has 46 nitrogen and oxygen atoms in total. The first kappa shape index (κ1) is 132. The molecule has 0 radical (unpaired) electrons. The Morgan fingerprint density at radius 2 is 0.720 bits per heavy atom. The van der Waals surface area contributed by atoms with E-state index in [1.807, 2.05) is 163 Å². The molecule has 0 unspecified atom stereocenters. The summed E-state index contributed by atoms with van der Waals surface area (Å²) in [5.74, 6) is -0.520. The molecule has 6 amide bonds. The summed E-state index contributed by atoms with van der Waals surface area (Å²) in [6.07, 6.45) is 20.0. The number of carbonyl (C=O) groups is 10. The number of amides is 6. The maximum Gasteiger partial charge on any atom is 1.00 e. The molecule has 6 aromatic carbocycles. The van der Waals surface area contributed by atoms with Crippen molar-refractivity contribution in [3.8, 4) is 40.2 Å². The summed E-state index contributed by atoms with van der Waals surface area (Å²) in [6, 6.07) is 48.1. The van der Waals surface area contributed by atoms with Crippen LogP contribution in [-0.2, 0) is 33.1 Å². The molecule has 792 valence electrons. The minimum absolute atomic E-state index is 0. The number of nitrogens with zero attached hydrogens (tertiary/aromatic N) is 27. The predicted octanol–water partition coefficient (Wildman–Crippen LogP) is 5.80. The maximum absolute atomic E-state index is 13.1. The minimum Gasteiger partial charge on any atom is -1.00 e. The van der Waals surface area contributed by atoms with Crippen LogP contribution >= 0.6 is 33.0 Å². The van der Waals surface area contributed by atoms with Gasteiger partial charge in [0.2, 0.25) is 9.23 Å². The Kier molecular flexibility index (Phi) is 62.0. The number of pyridine rings is 1. The number of nitrogens with one attached hydrogen (secondary N) is 1. The molecular weight excluding hydrogens is 2260 g/mol. The SMILES string of the molecule is CCN(CCN(C)C(=O)OC(C)(C)C)C(=O)c1ccccc1-n1nccn1.CCN(CCN(C)c1cc(C#N)ccn1)C(=O)c1ccccc1-n1nccn1.CCN(CCNC)C(=O)c1ccccc1-n1nccn1.CN(CCCC(=O)c1ccccc1-n1nccn1)C(=O)OC(C)(C)C.CN(CCN)C(=O)OC(C)(C)C.O=C(Cl)c1ccccc1-n1nccn1.O=C(O)c1ccccc1-n1nccn1.O=CO[O-].O=S(Cl)Cl.[Cs+].[Cs+].[H-]. The van der Waals surface area contributed by atoms with Crippen LogP contribution in [0.2, 0.25) is 0 Å². The third-order valence-electron chi connectivity index (χ3n) is 19.5. The van der Waals surface area contributed by atoms with Crippen molar-refractivity contribution in [2.24, 2.45) is 5.73 Å². The normalized spacial score (nSPS) is 10.3. The fourth-order valence-electron chi connectivity index (χ4n) is 12.5. The first-order valence-electron chi connectivity index (χ1n) is 45.8. The molecule has 7 aromatic heterocycles. The molecule has 7 heterocycles. The van der Waals surface area contributed by atoms with E-state index in [9.17, 15) is 43.2 Å². The fourth-order valence-corrected chi connectivity index (χ4v) is 12.6. The monoisotopic (exact) mass is 2380 g/mol. The van der Waals surface area contributed by atoms with Gasteiger partial charge >= 0.3 is 162 Å². The number of aromatic nitrogens is 19. The number of Topliss-reactive ketones (excluding diaryl/α,β-unsaturated/α-hetero) is 1. The second-order valence-corrected chi connectivity index (χ2v) is 36.6. The number of likely N-dealkylation sites (N-methyl/N-ethyl adjacent to an activating group) is 7. The van der Waals surface area contributed by atoms with E-state index in [1.165, 1.54) is 74.3 Å². The Morgan fingerprint density at radius 3 is 1.01 bits per heavy atom. The third kappa shape index (κ3) is 47.3. The van der Waals surface area contributed by atoms with Gasteiger partial charge in [-0.2, -0.15) is 95.2 Å². The zero-order valence-corrected chi connectivity index (χ0v) is 103. The summed E-state index contributed by atoms with van der Waals surface area (Å²) in [7, 11) is 16.1. The van der Waals surface area contributed by atoms with Crippen LogP contribution in [0.15, 0.2) is 238 Å². The summed E-state index contributed by atoms with van der Waals surface area (Å²) >= 11 is 5.42. The molecule has 52 heteroatoms. The molecule has 0 fully saturated rings. The van der Waals surface area contributed by atoms with Crippen molar-refractivity contribution in [3.05, 3.63) is 277 Å². The van der Waals surface area contributed by atoms with Crippen LogP contribution in [0.5, 0.6) is 0 Å². The number of aromatic carboxylic acids is 1. The average molecular weight is 2380 g/mol. The standard InChI is InChI=1S/C20H21N7O.C19H27N5O3.C18H24N4O3.C14H19N5O.C9H6ClN3O.C9H7N3O2.C8H18N2O2.CH2O3.Cl2OS.2Cs.H/c1-3-26(13-12-25(2)19-14-16(15-21)8-9-22-19)20(28)17-6-4-5-7-18(17)27-23-10-11-24-27;1-6-23(14-13-22(5)18(26)27-19(2,3)4)17(25)15-9-7-8-10-16(15)24-20-11-12-21-24;1-18(2,3)25-17(24)21(4)13-7-10-16(23)14-8-5-6-9-15(14)22-19-11-12-20-22;1-3-18(11-10-15-2)14(20)12-6-4-5-7-13(12)19-16-8-9-17-19;10-9(14)7-3-1-2-4-8(7)13-11-5-6-12-13;13-9(14)7-3-1-2-4-8(7)12-10-5-6-11-12;1-8(2,3)12-7(11)10(4)6-5-9;2-1-4-3;1-4(2)3;;;/h4-11,14H,3,12-13H2,1-2H3;7-12H,6,13-14H2,1-5H3;5-6,8-9,11-12H,7,10,13H2,1-4H3;4-9,15H,3,10-11H2,1-2H3;1-6H;1-6H,(H,13,14);5-6,9H2,1-4H3;1,3H;;;;/q;;;;;;;;;2*+1;-1/p-1. The average Bonchev–Trinajstić information content (AvgIpc) is 1.81. The molecule has 13 rings (SSSR count). The van der Waals surface area contributed by atoms with Gasteiger partial charge < -0.3 is 76.2 Å². The van der Waals surface area contributed by atoms with E-state index in [4.69, 9.17) is 56.2 Å². The Hall–Kier alpha value is -11.9. The van der Waals surface area contributed by atoms with E-state index in [-0.39, 0.29) is 187 Å². The third-order valence-corrected chi connectivity index (χ3v) is 19.7. The number of para-hydroxylation sites is 6. The predicted molar refractivity (Wildman–Crippen MR) is 553 cm³/mol. The molecule has 13 aromatic rings. The molecule has 0 saturated carbocycles. The molecular formula is C98H124Cl3Cs2N29O17S. The number of anilines is 1.